The lowest BCUT2D eigenvalue weighted by molar-refractivity contribution is -0.127. The third-order valence-corrected chi connectivity index (χ3v) is 6.44. The minimum atomic E-state index is -0.525. The fourth-order valence-corrected chi connectivity index (χ4v) is 5.13. The van der Waals surface area contributed by atoms with Gasteiger partial charge < -0.3 is 15.2 Å². The number of aromatic hydroxyl groups is 1. The Kier molecular flexibility index (Phi) is 7.05. The summed E-state index contributed by atoms with van der Waals surface area (Å²) >= 11 is 4.77. The molecule has 2 N–H and O–H groups in total. The van der Waals surface area contributed by atoms with Crippen LogP contribution in [-0.4, -0.2) is 40.7 Å². The zero-order chi connectivity index (χ0) is 21.1. The van der Waals surface area contributed by atoms with Crippen molar-refractivity contribution < 1.29 is 24.2 Å². The van der Waals surface area contributed by atoms with Crippen molar-refractivity contribution in [2.45, 2.75) is 0 Å². The number of carbonyl (C=O) groups excluding carboxylic acids is 3. The number of nitrogens with zero attached hydrogens (tertiary/aromatic N) is 1. The van der Waals surface area contributed by atoms with Gasteiger partial charge in [0, 0.05) is 5.69 Å². The van der Waals surface area contributed by atoms with Crippen LogP contribution in [0.15, 0.2) is 41.3 Å². The number of thioether (sulfide) groups is 1. The van der Waals surface area contributed by atoms with Crippen molar-refractivity contribution in [3.8, 4) is 11.5 Å². The average Bonchev–Trinajstić information content (AvgIpc) is 2.94. The second kappa shape index (κ2) is 9.34. The molecule has 0 saturated carbocycles. The Labute approximate surface area is 198 Å². The number of ether oxygens (including phenoxy) is 1. The van der Waals surface area contributed by atoms with Crippen LogP contribution >= 0.6 is 56.9 Å². The number of hydrogen-bond donors (Lipinski definition) is 2. The maximum Gasteiger partial charge on any atom is 0.294 e. The molecule has 1 fully saturated rings. The number of carbonyl (C=O) groups is 3. The number of rotatable bonds is 5. The lowest BCUT2D eigenvalue weighted by atomic mass is 10.2. The second-order valence-electron chi connectivity index (χ2n) is 5.88. The second-order valence-corrected chi connectivity index (χ2v) is 9.20. The topological polar surface area (TPSA) is 95.9 Å². The maximum absolute atomic E-state index is 12.6. The summed E-state index contributed by atoms with van der Waals surface area (Å²) in [5, 5.41) is 12.0. The van der Waals surface area contributed by atoms with Gasteiger partial charge in [-0.2, -0.15) is 0 Å². The molecule has 0 bridgehead atoms. The van der Waals surface area contributed by atoms with Crippen molar-refractivity contribution in [3.63, 3.8) is 0 Å². The van der Waals surface area contributed by atoms with Crippen molar-refractivity contribution >= 4 is 85.8 Å². The lowest BCUT2D eigenvalue weighted by Crippen LogP contribution is -2.36. The van der Waals surface area contributed by atoms with Crippen LogP contribution in [0.4, 0.5) is 10.5 Å². The number of benzene rings is 2. The number of halogens is 2. The Bertz CT molecular complexity index is 1000. The first-order chi connectivity index (χ1) is 13.8. The molecule has 1 saturated heterocycles. The van der Waals surface area contributed by atoms with E-state index in [2.05, 4.69) is 5.32 Å². The van der Waals surface area contributed by atoms with Gasteiger partial charge in [0.05, 0.1) is 19.2 Å². The van der Waals surface area contributed by atoms with E-state index in [0.29, 0.717) is 24.1 Å². The fraction of sp³-hybridized carbons (Fsp3) is 0.105. The number of phenolic OH excluding ortho intramolecular Hbond substituents is 1. The van der Waals surface area contributed by atoms with E-state index in [0.717, 1.165) is 16.7 Å². The average molecular weight is 636 g/mol. The Morgan fingerprint density at radius 3 is 2.41 bits per heavy atom. The quantitative estimate of drug-likeness (QED) is 0.376. The van der Waals surface area contributed by atoms with E-state index >= 15 is 0 Å². The summed E-state index contributed by atoms with van der Waals surface area (Å²) in [6.45, 7) is -0.376. The number of nitrogens with one attached hydrogen (secondary N) is 1. The van der Waals surface area contributed by atoms with E-state index in [1.54, 1.807) is 49.6 Å². The third-order valence-electron chi connectivity index (χ3n) is 3.89. The summed E-state index contributed by atoms with van der Waals surface area (Å²) in [6.07, 6.45) is 1.58. The SMILES string of the molecule is COc1ccc(NC(=O)CN2C(=O)S/C(=C/c3cc(I)c(O)c(I)c3)C2=O)cc1. The normalized spacial score (nSPS) is 15.1. The standard InChI is InChI=1S/C19H14I2N2O5S/c1-28-12-4-2-11(3-5-12)22-16(24)9-23-18(26)15(29-19(23)27)8-10-6-13(20)17(25)14(21)7-10/h2-8,25H,9H2,1H3,(H,22,24)/b15-8+. The minimum Gasteiger partial charge on any atom is -0.506 e. The fourth-order valence-electron chi connectivity index (χ4n) is 2.47. The summed E-state index contributed by atoms with van der Waals surface area (Å²) in [7, 11) is 1.54. The van der Waals surface area contributed by atoms with Gasteiger partial charge in [-0.05, 0) is 105 Å². The third kappa shape index (κ3) is 5.22. The molecule has 2 aromatic carbocycles. The molecule has 3 amide bonds. The van der Waals surface area contributed by atoms with Crippen LogP contribution in [0.5, 0.6) is 11.5 Å². The van der Waals surface area contributed by atoms with E-state index in [1.165, 1.54) is 0 Å². The highest BCUT2D eigenvalue weighted by atomic mass is 127. The first-order valence-electron chi connectivity index (χ1n) is 8.15. The molecule has 0 atom stereocenters. The number of hydrogen-bond acceptors (Lipinski definition) is 6. The van der Waals surface area contributed by atoms with E-state index in [1.807, 2.05) is 45.2 Å². The minimum absolute atomic E-state index is 0.173. The first kappa shape index (κ1) is 21.9. The van der Waals surface area contributed by atoms with Crippen molar-refractivity contribution in [1.29, 1.82) is 0 Å². The van der Waals surface area contributed by atoms with Gasteiger partial charge in [-0.15, -0.1) is 0 Å². The molecule has 0 radical (unpaired) electrons. The van der Waals surface area contributed by atoms with Gasteiger partial charge in [0.1, 0.15) is 18.0 Å². The molecule has 0 aliphatic carbocycles. The highest BCUT2D eigenvalue weighted by Gasteiger charge is 2.36. The highest BCUT2D eigenvalue weighted by Crippen LogP contribution is 2.34. The predicted molar refractivity (Wildman–Crippen MR) is 128 cm³/mol. The van der Waals surface area contributed by atoms with Crippen molar-refractivity contribution in [2.24, 2.45) is 0 Å². The molecule has 1 aliphatic rings. The Hall–Kier alpha value is -1.80. The van der Waals surface area contributed by atoms with Gasteiger partial charge in [0.2, 0.25) is 5.91 Å². The number of anilines is 1. The van der Waals surface area contributed by atoms with E-state index < -0.39 is 17.1 Å². The maximum atomic E-state index is 12.6. The smallest absolute Gasteiger partial charge is 0.294 e. The van der Waals surface area contributed by atoms with Crippen LogP contribution in [0, 0.1) is 7.14 Å². The molecular formula is C19H14I2N2O5S. The largest absolute Gasteiger partial charge is 0.506 e. The van der Waals surface area contributed by atoms with E-state index in [4.69, 9.17) is 4.74 Å². The van der Waals surface area contributed by atoms with E-state index in [9.17, 15) is 19.5 Å². The summed E-state index contributed by atoms with van der Waals surface area (Å²) < 4.78 is 6.33. The predicted octanol–water partition coefficient (Wildman–Crippen LogP) is 4.29. The first-order valence-corrected chi connectivity index (χ1v) is 11.1. The molecule has 0 unspecified atom stereocenters. The molecule has 10 heteroatoms. The number of amides is 3. The lowest BCUT2D eigenvalue weighted by Gasteiger charge is -2.12. The highest BCUT2D eigenvalue weighted by molar-refractivity contribution is 14.1. The molecule has 3 rings (SSSR count). The Balaban J connectivity index is 1.70. The zero-order valence-electron chi connectivity index (χ0n) is 14.9. The molecular weight excluding hydrogens is 622 g/mol. The van der Waals surface area contributed by atoms with Gasteiger partial charge >= 0.3 is 0 Å². The molecule has 0 spiro atoms. The summed E-state index contributed by atoms with van der Waals surface area (Å²) in [4.78, 5) is 38.2. The van der Waals surface area contributed by atoms with Crippen LogP contribution in [0.25, 0.3) is 6.08 Å². The zero-order valence-corrected chi connectivity index (χ0v) is 20.1. The van der Waals surface area contributed by atoms with Crippen LogP contribution in [0.1, 0.15) is 5.56 Å². The number of phenols is 1. The van der Waals surface area contributed by atoms with E-state index in [-0.39, 0.29) is 17.2 Å². The molecule has 1 aliphatic heterocycles. The Morgan fingerprint density at radius 1 is 1.21 bits per heavy atom. The summed E-state index contributed by atoms with van der Waals surface area (Å²) in [5.41, 5.74) is 1.22. The van der Waals surface area contributed by atoms with Gasteiger partial charge in [0.25, 0.3) is 11.1 Å². The Morgan fingerprint density at radius 2 is 1.83 bits per heavy atom. The monoisotopic (exact) mass is 636 g/mol. The van der Waals surface area contributed by atoms with Crippen LogP contribution in [-0.2, 0) is 9.59 Å². The van der Waals surface area contributed by atoms with Crippen molar-refractivity contribution in [1.82, 2.24) is 4.90 Å². The van der Waals surface area contributed by atoms with Gasteiger partial charge in [-0.1, -0.05) is 0 Å². The molecule has 0 aromatic heterocycles. The number of methoxy groups -OCH3 is 1. The van der Waals surface area contributed by atoms with Gasteiger partial charge in [-0.25, -0.2) is 0 Å². The molecule has 1 heterocycles. The number of imide groups is 1. The molecule has 7 nitrogen and oxygen atoms in total. The van der Waals surface area contributed by atoms with Crippen LogP contribution in [0.2, 0.25) is 0 Å². The molecule has 29 heavy (non-hydrogen) atoms. The van der Waals surface area contributed by atoms with Gasteiger partial charge in [0.15, 0.2) is 0 Å². The van der Waals surface area contributed by atoms with Crippen LogP contribution in [0.3, 0.4) is 0 Å². The summed E-state index contributed by atoms with van der Waals surface area (Å²) in [5.74, 6) is -0.181. The van der Waals surface area contributed by atoms with Crippen molar-refractivity contribution in [3.05, 3.63) is 54.0 Å². The van der Waals surface area contributed by atoms with Crippen LogP contribution < -0.4 is 10.1 Å². The summed E-state index contributed by atoms with van der Waals surface area (Å²) in [6, 6.07) is 10.1. The molecule has 150 valence electrons. The molecule has 2 aromatic rings. The van der Waals surface area contributed by atoms with Gasteiger partial charge in [-0.3, -0.25) is 19.3 Å². The van der Waals surface area contributed by atoms with Crippen molar-refractivity contribution in [2.75, 3.05) is 19.0 Å².